The Morgan fingerprint density at radius 2 is 1.74 bits per heavy atom. The highest BCUT2D eigenvalue weighted by molar-refractivity contribution is 6.05. The molecule has 3 aromatic carbocycles. The van der Waals surface area contributed by atoms with E-state index in [1.807, 2.05) is 48.5 Å². The van der Waals surface area contributed by atoms with Gasteiger partial charge in [-0.05, 0) is 41.8 Å². The van der Waals surface area contributed by atoms with Crippen molar-refractivity contribution in [3.05, 3.63) is 102 Å². The lowest BCUT2D eigenvalue weighted by molar-refractivity contribution is -0.131. The normalized spacial score (nSPS) is 15.9. The Morgan fingerprint density at radius 3 is 2.58 bits per heavy atom. The Morgan fingerprint density at radius 1 is 0.947 bits per heavy atom. The lowest BCUT2D eigenvalue weighted by Crippen LogP contribution is -2.40. The van der Waals surface area contributed by atoms with Gasteiger partial charge in [0.2, 0.25) is 5.91 Å². The number of carbonyl (C=O) groups is 2. The van der Waals surface area contributed by atoms with Crippen molar-refractivity contribution in [1.82, 2.24) is 19.8 Å². The Bertz CT molecular complexity index is 1410. The number of ether oxygens (including phenoxy) is 2. The number of aromatic nitrogens is 2. The predicted octanol–water partition coefficient (Wildman–Crippen LogP) is 3.75. The number of para-hydroxylation sites is 1. The van der Waals surface area contributed by atoms with Crippen LogP contribution in [0.4, 0.5) is 0 Å². The summed E-state index contributed by atoms with van der Waals surface area (Å²) in [6, 6.07) is 23.1. The summed E-state index contributed by atoms with van der Waals surface area (Å²) in [5, 5.41) is 0. The van der Waals surface area contributed by atoms with Crippen molar-refractivity contribution in [3.8, 4) is 5.75 Å². The number of carbonyl (C=O) groups excluding carboxylic acids is 2. The van der Waals surface area contributed by atoms with E-state index in [-0.39, 0.29) is 31.0 Å². The molecule has 38 heavy (non-hydrogen) atoms. The fourth-order valence-corrected chi connectivity index (χ4v) is 4.68. The zero-order valence-electron chi connectivity index (χ0n) is 21.3. The van der Waals surface area contributed by atoms with Crippen molar-refractivity contribution in [2.45, 2.75) is 19.1 Å². The molecule has 0 N–H and O–H groups in total. The number of nitrogens with zero attached hydrogens (tertiary/aromatic N) is 4. The standard InChI is InChI=1S/C30H30N4O4/c1-37-24-10-5-9-23(17-24)21-38-25-18-33(16-13-22-7-3-2-4-8-22)28(35)20-34(19-25)30(36)26-11-6-12-27-29(26)32-15-14-31-27/h2-12,14-15,17,25H,13,16,18-21H2,1H3/t25-/m0/s1. The molecule has 0 bridgehead atoms. The first-order valence-electron chi connectivity index (χ1n) is 12.7. The highest BCUT2D eigenvalue weighted by Gasteiger charge is 2.32. The van der Waals surface area contributed by atoms with Gasteiger partial charge in [0.25, 0.3) is 5.91 Å². The second-order valence-corrected chi connectivity index (χ2v) is 9.28. The summed E-state index contributed by atoms with van der Waals surface area (Å²) < 4.78 is 11.6. The Kier molecular flexibility index (Phi) is 7.89. The van der Waals surface area contributed by atoms with Gasteiger partial charge in [-0.1, -0.05) is 48.5 Å². The molecule has 0 aliphatic carbocycles. The molecule has 4 aromatic rings. The van der Waals surface area contributed by atoms with E-state index >= 15 is 0 Å². The third kappa shape index (κ3) is 5.98. The number of hydrogen-bond donors (Lipinski definition) is 0. The molecule has 1 aromatic heterocycles. The minimum Gasteiger partial charge on any atom is -0.497 e. The molecule has 0 spiro atoms. The lowest BCUT2D eigenvalue weighted by Gasteiger charge is -2.25. The average Bonchev–Trinajstić information content (AvgIpc) is 3.13. The van der Waals surface area contributed by atoms with E-state index in [0.717, 1.165) is 23.3 Å². The first kappa shape index (κ1) is 25.4. The summed E-state index contributed by atoms with van der Waals surface area (Å²) in [4.78, 5) is 39.2. The van der Waals surface area contributed by atoms with E-state index in [1.54, 1.807) is 41.4 Å². The number of fused-ring (bicyclic) bond motifs is 1. The van der Waals surface area contributed by atoms with Crippen molar-refractivity contribution < 1.29 is 19.1 Å². The van der Waals surface area contributed by atoms with Gasteiger partial charge in [-0.25, -0.2) is 0 Å². The molecule has 2 heterocycles. The second-order valence-electron chi connectivity index (χ2n) is 9.28. The lowest BCUT2D eigenvalue weighted by atomic mass is 10.1. The van der Waals surface area contributed by atoms with E-state index in [4.69, 9.17) is 9.47 Å². The van der Waals surface area contributed by atoms with Crippen molar-refractivity contribution in [2.24, 2.45) is 0 Å². The fourth-order valence-electron chi connectivity index (χ4n) is 4.68. The number of amides is 2. The molecular formula is C30H30N4O4. The quantitative estimate of drug-likeness (QED) is 0.359. The van der Waals surface area contributed by atoms with E-state index in [0.29, 0.717) is 36.3 Å². The van der Waals surface area contributed by atoms with Crippen LogP contribution in [0.5, 0.6) is 5.75 Å². The van der Waals surface area contributed by atoms with Crippen molar-refractivity contribution in [2.75, 3.05) is 33.3 Å². The highest BCUT2D eigenvalue weighted by Crippen LogP contribution is 2.20. The maximum absolute atomic E-state index is 13.7. The monoisotopic (exact) mass is 510 g/mol. The molecule has 1 saturated heterocycles. The average molecular weight is 511 g/mol. The van der Waals surface area contributed by atoms with Crippen LogP contribution in [-0.2, 0) is 22.6 Å². The van der Waals surface area contributed by atoms with Crippen LogP contribution in [-0.4, -0.2) is 71.0 Å². The summed E-state index contributed by atoms with van der Waals surface area (Å²) in [5.74, 6) is 0.387. The van der Waals surface area contributed by atoms with Crippen molar-refractivity contribution in [3.63, 3.8) is 0 Å². The van der Waals surface area contributed by atoms with Gasteiger partial charge >= 0.3 is 0 Å². The van der Waals surface area contributed by atoms with Gasteiger partial charge in [-0.2, -0.15) is 0 Å². The van der Waals surface area contributed by atoms with Crippen LogP contribution in [0.15, 0.2) is 85.2 Å². The molecule has 8 heteroatoms. The Balaban J connectivity index is 1.37. The van der Waals surface area contributed by atoms with Crippen LogP contribution in [0, 0.1) is 0 Å². The van der Waals surface area contributed by atoms with Gasteiger partial charge < -0.3 is 19.3 Å². The van der Waals surface area contributed by atoms with Crippen LogP contribution < -0.4 is 4.74 Å². The van der Waals surface area contributed by atoms with Gasteiger partial charge in [0, 0.05) is 32.0 Å². The molecule has 1 aliphatic rings. The van der Waals surface area contributed by atoms with Crippen molar-refractivity contribution in [1.29, 1.82) is 0 Å². The molecule has 8 nitrogen and oxygen atoms in total. The van der Waals surface area contributed by atoms with Gasteiger partial charge in [-0.15, -0.1) is 0 Å². The molecule has 0 saturated carbocycles. The minimum absolute atomic E-state index is 0.0245. The molecule has 2 amide bonds. The first-order chi connectivity index (χ1) is 18.6. The van der Waals surface area contributed by atoms with Crippen LogP contribution in [0.25, 0.3) is 11.0 Å². The summed E-state index contributed by atoms with van der Waals surface area (Å²) in [6.45, 7) is 1.54. The molecule has 1 aliphatic heterocycles. The largest absolute Gasteiger partial charge is 0.497 e. The third-order valence-electron chi connectivity index (χ3n) is 6.68. The first-order valence-corrected chi connectivity index (χ1v) is 12.7. The van der Waals surface area contributed by atoms with Gasteiger partial charge in [0.05, 0.1) is 30.9 Å². The zero-order valence-corrected chi connectivity index (χ0v) is 21.3. The van der Waals surface area contributed by atoms with Crippen LogP contribution in [0.3, 0.4) is 0 Å². The Labute approximate surface area is 221 Å². The van der Waals surface area contributed by atoms with Crippen LogP contribution in [0.1, 0.15) is 21.5 Å². The number of benzene rings is 3. The zero-order chi connectivity index (χ0) is 26.3. The predicted molar refractivity (Wildman–Crippen MR) is 144 cm³/mol. The SMILES string of the molecule is COc1cccc(CO[C@H]2CN(CCc3ccccc3)C(=O)CN(C(=O)c3cccc4nccnc34)C2)c1. The highest BCUT2D eigenvalue weighted by atomic mass is 16.5. The number of hydrogen-bond acceptors (Lipinski definition) is 6. The van der Waals surface area contributed by atoms with E-state index < -0.39 is 0 Å². The molecular weight excluding hydrogens is 480 g/mol. The maximum Gasteiger partial charge on any atom is 0.256 e. The molecule has 0 unspecified atom stereocenters. The van der Waals surface area contributed by atoms with Crippen LogP contribution >= 0.6 is 0 Å². The fraction of sp³-hybridized carbons (Fsp3) is 0.267. The van der Waals surface area contributed by atoms with Gasteiger partial charge in [-0.3, -0.25) is 19.6 Å². The summed E-state index contributed by atoms with van der Waals surface area (Å²) in [5.41, 5.74) is 3.69. The molecule has 194 valence electrons. The van der Waals surface area contributed by atoms with Gasteiger partial charge in [0.15, 0.2) is 0 Å². The van der Waals surface area contributed by atoms with E-state index in [9.17, 15) is 9.59 Å². The third-order valence-corrected chi connectivity index (χ3v) is 6.68. The molecule has 0 radical (unpaired) electrons. The topological polar surface area (TPSA) is 84.9 Å². The Hall–Kier alpha value is -4.30. The van der Waals surface area contributed by atoms with E-state index in [1.165, 1.54) is 0 Å². The smallest absolute Gasteiger partial charge is 0.256 e. The summed E-state index contributed by atoms with van der Waals surface area (Å²) in [6.07, 6.45) is 3.52. The summed E-state index contributed by atoms with van der Waals surface area (Å²) >= 11 is 0. The van der Waals surface area contributed by atoms with E-state index in [2.05, 4.69) is 22.1 Å². The number of rotatable bonds is 8. The molecule has 1 fully saturated rings. The summed E-state index contributed by atoms with van der Waals surface area (Å²) in [7, 11) is 1.63. The van der Waals surface area contributed by atoms with Gasteiger partial charge in [0.1, 0.15) is 17.8 Å². The molecule has 5 rings (SSSR count). The van der Waals surface area contributed by atoms with Crippen LogP contribution in [0.2, 0.25) is 0 Å². The minimum atomic E-state index is -0.367. The maximum atomic E-state index is 13.7. The molecule has 1 atom stereocenters. The number of methoxy groups -OCH3 is 1. The van der Waals surface area contributed by atoms with Crippen molar-refractivity contribution >= 4 is 22.8 Å². The second kappa shape index (κ2) is 11.8.